The average molecular weight is 370 g/mol. The van der Waals surface area contributed by atoms with Crippen LogP contribution in [0.2, 0.25) is 0 Å². The zero-order valence-corrected chi connectivity index (χ0v) is 16.5. The van der Waals surface area contributed by atoms with Gasteiger partial charge in [-0.15, -0.1) is 0 Å². The fraction of sp³-hybridized carbons (Fsp3) is 0.591. The monoisotopic (exact) mass is 370 g/mol. The van der Waals surface area contributed by atoms with Gasteiger partial charge >= 0.3 is 0 Å². The van der Waals surface area contributed by atoms with Crippen molar-refractivity contribution in [3.63, 3.8) is 0 Å². The topological polar surface area (TPSA) is 54.8 Å². The number of methoxy groups -OCH3 is 1. The summed E-state index contributed by atoms with van der Waals surface area (Å²) < 4.78 is 10.6. The zero-order valence-electron chi connectivity index (χ0n) is 16.5. The number of nitrogens with zero attached hydrogens (tertiary/aromatic N) is 2. The molecule has 1 aromatic carbocycles. The normalized spacial score (nSPS) is 31.2. The first-order chi connectivity index (χ1) is 13.1. The number of hydrogen-bond donors (Lipinski definition) is 1. The van der Waals surface area contributed by atoms with E-state index in [-0.39, 0.29) is 12.8 Å². The maximum atomic E-state index is 11.3. The summed E-state index contributed by atoms with van der Waals surface area (Å²) in [5.74, 6) is 1.43. The number of piperidine rings is 3. The van der Waals surface area contributed by atoms with Crippen LogP contribution < -0.4 is 4.74 Å². The summed E-state index contributed by atoms with van der Waals surface area (Å²) in [5, 5.41) is 12.3. The van der Waals surface area contributed by atoms with Gasteiger partial charge in [-0.05, 0) is 67.0 Å². The molecular weight excluding hydrogens is 340 g/mol. The highest BCUT2D eigenvalue weighted by Crippen LogP contribution is 2.49. The molecule has 1 N–H and O–H groups in total. The second-order valence-electron chi connectivity index (χ2n) is 8.34. The van der Waals surface area contributed by atoms with Gasteiger partial charge in [-0.3, -0.25) is 9.88 Å². The molecule has 0 spiro atoms. The van der Waals surface area contributed by atoms with E-state index in [1.807, 2.05) is 24.3 Å². The van der Waals surface area contributed by atoms with Crippen LogP contribution in [0.15, 0.2) is 30.5 Å². The Labute approximate surface area is 161 Å². The molecule has 4 heterocycles. The minimum absolute atomic E-state index is 0.178. The molecule has 5 atom stereocenters. The van der Waals surface area contributed by atoms with Crippen LogP contribution in [-0.2, 0) is 4.74 Å². The van der Waals surface area contributed by atoms with Gasteiger partial charge in [0, 0.05) is 31.3 Å². The molecule has 2 bridgehead atoms. The molecule has 5 heteroatoms. The van der Waals surface area contributed by atoms with E-state index in [1.165, 1.54) is 12.8 Å². The van der Waals surface area contributed by atoms with Crippen molar-refractivity contribution < 1.29 is 14.6 Å². The minimum Gasteiger partial charge on any atom is -0.468 e. The van der Waals surface area contributed by atoms with Crippen molar-refractivity contribution in [2.24, 2.45) is 11.3 Å². The van der Waals surface area contributed by atoms with Gasteiger partial charge in [0.05, 0.1) is 11.6 Å². The Morgan fingerprint density at radius 3 is 2.93 bits per heavy atom. The average Bonchev–Trinajstić information content (AvgIpc) is 2.71. The Hall–Kier alpha value is -1.69. The highest BCUT2D eigenvalue weighted by molar-refractivity contribution is 5.84. The third-order valence-corrected chi connectivity index (χ3v) is 6.89. The first-order valence-corrected chi connectivity index (χ1v) is 9.98. The van der Waals surface area contributed by atoms with Crippen LogP contribution in [0.25, 0.3) is 10.9 Å². The largest absolute Gasteiger partial charge is 0.468 e. The Kier molecular flexibility index (Phi) is 5.10. The lowest BCUT2D eigenvalue weighted by Crippen LogP contribution is -2.59. The Balaban J connectivity index is 1.64. The molecule has 0 amide bonds. The van der Waals surface area contributed by atoms with Gasteiger partial charge < -0.3 is 14.6 Å². The third kappa shape index (κ3) is 3.33. The number of ether oxygens (including phenoxy) is 2. The number of rotatable bonds is 6. The van der Waals surface area contributed by atoms with Crippen molar-refractivity contribution in [3.05, 3.63) is 36.0 Å². The molecule has 0 saturated carbocycles. The smallest absolute Gasteiger partial charge is 0.188 e. The van der Waals surface area contributed by atoms with Gasteiger partial charge in [-0.2, -0.15) is 0 Å². The van der Waals surface area contributed by atoms with E-state index < -0.39 is 6.10 Å². The molecule has 3 fully saturated rings. The van der Waals surface area contributed by atoms with Crippen LogP contribution in [-0.4, -0.2) is 48.0 Å². The Morgan fingerprint density at radius 1 is 1.37 bits per heavy atom. The third-order valence-electron chi connectivity index (χ3n) is 6.89. The molecule has 27 heavy (non-hydrogen) atoms. The lowest BCUT2D eigenvalue weighted by atomic mass is 9.63. The van der Waals surface area contributed by atoms with Crippen LogP contribution in [0, 0.1) is 11.3 Å². The molecule has 3 saturated heterocycles. The van der Waals surface area contributed by atoms with E-state index in [0.717, 1.165) is 41.7 Å². The molecule has 3 aliphatic rings. The van der Waals surface area contributed by atoms with Crippen molar-refractivity contribution in [2.75, 3.05) is 27.0 Å². The summed E-state index contributed by atoms with van der Waals surface area (Å²) in [5.41, 5.74) is 2.21. The molecule has 2 aromatic rings. The van der Waals surface area contributed by atoms with Crippen molar-refractivity contribution >= 4 is 10.9 Å². The molecule has 3 aliphatic heterocycles. The minimum atomic E-state index is -0.516. The second kappa shape index (κ2) is 7.38. The quantitative estimate of drug-likeness (QED) is 0.785. The summed E-state index contributed by atoms with van der Waals surface area (Å²) in [4.78, 5) is 6.97. The SMILES string of the molecule is CCC1(C)CN2CCC1CC2C(O)c1ccnc2ccc(OCOC)cc12. The summed E-state index contributed by atoms with van der Waals surface area (Å²) in [7, 11) is 1.61. The predicted octanol–water partition coefficient (Wildman–Crippen LogP) is 3.76. The number of aliphatic hydroxyl groups is 1. The second-order valence-corrected chi connectivity index (χ2v) is 8.34. The lowest BCUT2D eigenvalue weighted by molar-refractivity contribution is -0.0951. The van der Waals surface area contributed by atoms with E-state index in [2.05, 4.69) is 23.7 Å². The molecule has 1 aromatic heterocycles. The van der Waals surface area contributed by atoms with E-state index >= 15 is 0 Å². The highest BCUT2D eigenvalue weighted by atomic mass is 16.7. The van der Waals surface area contributed by atoms with Gasteiger partial charge in [0.1, 0.15) is 5.75 Å². The molecule has 146 valence electrons. The number of aliphatic hydroxyl groups excluding tert-OH is 1. The Morgan fingerprint density at radius 2 is 2.22 bits per heavy atom. The van der Waals surface area contributed by atoms with Crippen LogP contribution >= 0.6 is 0 Å². The van der Waals surface area contributed by atoms with Crippen LogP contribution in [0.4, 0.5) is 0 Å². The molecule has 0 radical (unpaired) electrons. The van der Waals surface area contributed by atoms with E-state index in [9.17, 15) is 5.11 Å². The summed E-state index contributed by atoms with van der Waals surface area (Å²) in [6.07, 6.45) is 4.80. The predicted molar refractivity (Wildman–Crippen MR) is 106 cm³/mol. The first-order valence-electron chi connectivity index (χ1n) is 9.98. The summed E-state index contributed by atoms with van der Waals surface area (Å²) in [6, 6.07) is 7.93. The van der Waals surface area contributed by atoms with Gasteiger partial charge in [0.15, 0.2) is 6.79 Å². The van der Waals surface area contributed by atoms with Crippen LogP contribution in [0.5, 0.6) is 5.75 Å². The first kappa shape index (κ1) is 18.7. The van der Waals surface area contributed by atoms with Gasteiger partial charge in [-0.25, -0.2) is 0 Å². The molecule has 5 nitrogen and oxygen atoms in total. The van der Waals surface area contributed by atoms with Gasteiger partial charge in [0.25, 0.3) is 0 Å². The summed E-state index contributed by atoms with van der Waals surface area (Å²) >= 11 is 0. The van der Waals surface area contributed by atoms with E-state index in [0.29, 0.717) is 11.3 Å². The fourth-order valence-corrected chi connectivity index (χ4v) is 5.03. The van der Waals surface area contributed by atoms with Crippen LogP contribution in [0.1, 0.15) is 44.8 Å². The Bertz CT molecular complexity index is 811. The number of aromatic nitrogens is 1. The molecule has 5 rings (SSSR count). The van der Waals surface area contributed by atoms with E-state index in [1.54, 1.807) is 13.3 Å². The summed E-state index contributed by atoms with van der Waals surface area (Å²) in [6.45, 7) is 7.09. The zero-order chi connectivity index (χ0) is 19.0. The fourth-order valence-electron chi connectivity index (χ4n) is 5.03. The number of pyridine rings is 1. The molecular formula is C22H30N2O3. The lowest BCUT2D eigenvalue weighted by Gasteiger charge is -2.56. The van der Waals surface area contributed by atoms with Crippen molar-refractivity contribution in [2.45, 2.75) is 45.3 Å². The molecule has 5 unspecified atom stereocenters. The van der Waals surface area contributed by atoms with Crippen molar-refractivity contribution in [1.82, 2.24) is 9.88 Å². The van der Waals surface area contributed by atoms with Crippen molar-refractivity contribution in [1.29, 1.82) is 0 Å². The highest BCUT2D eigenvalue weighted by Gasteiger charge is 2.48. The van der Waals surface area contributed by atoms with Crippen molar-refractivity contribution in [3.8, 4) is 5.75 Å². The number of hydrogen-bond acceptors (Lipinski definition) is 5. The maximum Gasteiger partial charge on any atom is 0.188 e. The number of fused-ring (bicyclic) bond motifs is 4. The number of benzene rings is 1. The van der Waals surface area contributed by atoms with Crippen LogP contribution in [0.3, 0.4) is 0 Å². The molecule has 0 aliphatic carbocycles. The maximum absolute atomic E-state index is 11.3. The standard InChI is InChI=1S/C22H30N2O3/c1-4-22(2)13-24-10-8-15(22)11-20(24)21(25)17-7-9-23-19-6-5-16(12-18(17)19)27-14-26-3/h5-7,9,12,15,20-21,25H,4,8,10-11,13-14H2,1-3H3. The van der Waals surface area contributed by atoms with Gasteiger partial charge in [0.2, 0.25) is 0 Å². The van der Waals surface area contributed by atoms with Gasteiger partial charge in [-0.1, -0.05) is 13.8 Å². The van der Waals surface area contributed by atoms with E-state index in [4.69, 9.17) is 9.47 Å².